The monoisotopic (exact) mass is 260 g/mol. The molecular formula is C14H12O5. The number of aromatic carboxylic acids is 1. The Balaban J connectivity index is 2.38. The van der Waals surface area contributed by atoms with Gasteiger partial charge in [0.05, 0.1) is 17.7 Å². The molecule has 0 radical (unpaired) electrons. The molecule has 0 fully saturated rings. The molecule has 0 heterocycles. The summed E-state index contributed by atoms with van der Waals surface area (Å²) in [7, 11) is 0. The minimum Gasteiger partial charge on any atom is -0.478 e. The topological polar surface area (TPSA) is 83.8 Å². The highest BCUT2D eigenvalue weighted by Crippen LogP contribution is 2.18. The third-order valence-corrected chi connectivity index (χ3v) is 2.65. The van der Waals surface area contributed by atoms with Crippen molar-refractivity contribution in [3.63, 3.8) is 0 Å². The number of carbonyl (C=O) groups excluding carboxylic acids is 1. The van der Waals surface area contributed by atoms with Crippen LogP contribution >= 0.6 is 0 Å². The number of benzene rings is 2. The van der Waals surface area contributed by atoms with E-state index in [9.17, 15) is 9.59 Å². The van der Waals surface area contributed by atoms with E-state index in [1.54, 1.807) is 24.3 Å². The van der Waals surface area contributed by atoms with Gasteiger partial charge in [-0.05, 0) is 35.0 Å². The highest BCUT2D eigenvalue weighted by atomic mass is 16.5. The van der Waals surface area contributed by atoms with Gasteiger partial charge in [0.15, 0.2) is 0 Å². The maximum atomic E-state index is 11.6. The van der Waals surface area contributed by atoms with Crippen molar-refractivity contribution in [3.8, 4) is 0 Å². The van der Waals surface area contributed by atoms with Gasteiger partial charge >= 0.3 is 11.9 Å². The van der Waals surface area contributed by atoms with Crippen molar-refractivity contribution in [1.29, 1.82) is 0 Å². The van der Waals surface area contributed by atoms with Gasteiger partial charge in [-0.15, -0.1) is 0 Å². The quantitative estimate of drug-likeness (QED) is 0.817. The van der Waals surface area contributed by atoms with Gasteiger partial charge in [-0.2, -0.15) is 0 Å². The Kier molecular flexibility index (Phi) is 3.77. The molecule has 0 aliphatic rings. The van der Waals surface area contributed by atoms with Crippen LogP contribution in [0.4, 0.5) is 0 Å². The van der Waals surface area contributed by atoms with Crippen molar-refractivity contribution in [2.45, 2.75) is 0 Å². The summed E-state index contributed by atoms with van der Waals surface area (Å²) in [5.74, 6) is -1.56. The van der Waals surface area contributed by atoms with Crippen LogP contribution in [0.1, 0.15) is 20.7 Å². The highest BCUT2D eigenvalue weighted by molar-refractivity contribution is 5.98. The maximum absolute atomic E-state index is 11.6. The van der Waals surface area contributed by atoms with Crippen molar-refractivity contribution in [2.24, 2.45) is 0 Å². The summed E-state index contributed by atoms with van der Waals surface area (Å²) in [6.07, 6.45) is 0. The van der Waals surface area contributed by atoms with E-state index in [0.29, 0.717) is 10.9 Å². The van der Waals surface area contributed by atoms with Gasteiger partial charge in [-0.1, -0.05) is 12.1 Å². The largest absolute Gasteiger partial charge is 0.478 e. The number of ether oxygens (including phenoxy) is 1. The summed E-state index contributed by atoms with van der Waals surface area (Å²) in [5, 5.41) is 19.0. The molecule has 0 bridgehead atoms. The SMILES string of the molecule is O=C(O)c1ccc2ccc(C(=O)OCCO)cc2c1. The number of aliphatic hydroxyl groups excluding tert-OH is 1. The first-order valence-electron chi connectivity index (χ1n) is 5.67. The number of aliphatic hydroxyl groups is 1. The lowest BCUT2D eigenvalue weighted by Gasteiger charge is -2.05. The molecule has 0 aliphatic carbocycles. The number of carboxylic acids is 1. The first-order valence-corrected chi connectivity index (χ1v) is 5.67. The van der Waals surface area contributed by atoms with Crippen LogP contribution in [0.15, 0.2) is 36.4 Å². The lowest BCUT2D eigenvalue weighted by atomic mass is 10.0. The molecule has 0 amide bonds. The molecule has 0 atom stereocenters. The predicted octanol–water partition coefficient (Wildman–Crippen LogP) is 1.69. The minimum atomic E-state index is -1.02. The molecule has 0 aromatic heterocycles. The van der Waals surface area contributed by atoms with Crippen LogP contribution in [0.25, 0.3) is 10.8 Å². The Bertz CT molecular complexity index is 633. The van der Waals surface area contributed by atoms with Crippen LogP contribution < -0.4 is 0 Å². The zero-order chi connectivity index (χ0) is 13.8. The van der Waals surface area contributed by atoms with Gasteiger partial charge in [0.2, 0.25) is 0 Å². The third-order valence-electron chi connectivity index (χ3n) is 2.65. The first kappa shape index (κ1) is 13.0. The summed E-state index contributed by atoms with van der Waals surface area (Å²) in [6.45, 7) is -0.297. The highest BCUT2D eigenvalue weighted by Gasteiger charge is 2.09. The van der Waals surface area contributed by atoms with Crippen molar-refractivity contribution < 1.29 is 24.5 Å². The van der Waals surface area contributed by atoms with Gasteiger partial charge < -0.3 is 14.9 Å². The van der Waals surface area contributed by atoms with Crippen LogP contribution in [0.5, 0.6) is 0 Å². The van der Waals surface area contributed by atoms with E-state index in [1.807, 2.05) is 0 Å². The van der Waals surface area contributed by atoms with Gasteiger partial charge in [0.1, 0.15) is 6.61 Å². The summed E-state index contributed by atoms with van der Waals surface area (Å²) in [5.41, 5.74) is 0.483. The van der Waals surface area contributed by atoms with Crippen LogP contribution in [0.2, 0.25) is 0 Å². The van der Waals surface area contributed by atoms with Gasteiger partial charge in [0.25, 0.3) is 0 Å². The van der Waals surface area contributed by atoms with Gasteiger partial charge in [-0.25, -0.2) is 9.59 Å². The molecule has 0 saturated heterocycles. The van der Waals surface area contributed by atoms with Crippen molar-refractivity contribution in [3.05, 3.63) is 47.5 Å². The van der Waals surface area contributed by atoms with Crippen LogP contribution in [0.3, 0.4) is 0 Å². The molecule has 2 aromatic rings. The van der Waals surface area contributed by atoms with Crippen molar-refractivity contribution >= 4 is 22.7 Å². The standard InChI is InChI=1S/C14H12O5/c15-5-6-19-14(18)11-4-2-9-1-3-10(13(16)17)7-12(9)8-11/h1-4,7-8,15H,5-6H2,(H,16,17). The number of carbonyl (C=O) groups is 2. The maximum Gasteiger partial charge on any atom is 0.338 e. The minimum absolute atomic E-state index is 0.0635. The second-order valence-electron chi connectivity index (χ2n) is 3.94. The molecular weight excluding hydrogens is 248 g/mol. The number of hydrogen-bond acceptors (Lipinski definition) is 4. The van der Waals surface area contributed by atoms with Crippen LogP contribution in [0, 0.1) is 0 Å². The number of fused-ring (bicyclic) bond motifs is 1. The summed E-state index contributed by atoms with van der Waals surface area (Å²) in [4.78, 5) is 22.5. The van der Waals surface area contributed by atoms with E-state index >= 15 is 0 Å². The molecule has 0 aliphatic heterocycles. The Labute approximate surface area is 109 Å². The van der Waals surface area contributed by atoms with Crippen molar-refractivity contribution in [2.75, 3.05) is 13.2 Å². The second kappa shape index (κ2) is 5.49. The molecule has 2 N–H and O–H groups in total. The molecule has 5 heteroatoms. The third kappa shape index (κ3) is 2.89. The van der Waals surface area contributed by atoms with E-state index in [1.165, 1.54) is 12.1 Å². The molecule has 2 aromatic carbocycles. The second-order valence-corrected chi connectivity index (χ2v) is 3.94. The Morgan fingerprint density at radius 2 is 1.63 bits per heavy atom. The lowest BCUT2D eigenvalue weighted by molar-refractivity contribution is 0.0433. The summed E-state index contributed by atoms with van der Waals surface area (Å²) >= 11 is 0. The van der Waals surface area contributed by atoms with E-state index in [4.69, 9.17) is 14.9 Å². The molecule has 5 nitrogen and oxygen atoms in total. The zero-order valence-corrected chi connectivity index (χ0v) is 10.00. The summed E-state index contributed by atoms with van der Waals surface area (Å²) < 4.78 is 4.80. The average Bonchev–Trinajstić information content (AvgIpc) is 2.43. The van der Waals surface area contributed by atoms with E-state index < -0.39 is 11.9 Å². The molecule has 98 valence electrons. The molecule has 19 heavy (non-hydrogen) atoms. The fraction of sp³-hybridized carbons (Fsp3) is 0.143. The predicted molar refractivity (Wildman–Crippen MR) is 68.3 cm³/mol. The van der Waals surface area contributed by atoms with E-state index in [-0.39, 0.29) is 18.8 Å². The fourth-order valence-corrected chi connectivity index (χ4v) is 1.73. The molecule has 0 spiro atoms. The Hall–Kier alpha value is -2.40. The number of rotatable bonds is 4. The first-order chi connectivity index (χ1) is 9.11. The molecule has 0 unspecified atom stereocenters. The smallest absolute Gasteiger partial charge is 0.338 e. The zero-order valence-electron chi connectivity index (χ0n) is 10.00. The Morgan fingerprint density at radius 3 is 2.26 bits per heavy atom. The number of hydrogen-bond donors (Lipinski definition) is 2. The van der Waals surface area contributed by atoms with E-state index in [0.717, 1.165) is 5.39 Å². The van der Waals surface area contributed by atoms with Crippen molar-refractivity contribution in [1.82, 2.24) is 0 Å². The average molecular weight is 260 g/mol. The number of carboxylic acid groups (broad SMARTS) is 1. The fourth-order valence-electron chi connectivity index (χ4n) is 1.73. The normalized spacial score (nSPS) is 10.4. The molecule has 0 saturated carbocycles. The van der Waals surface area contributed by atoms with Gasteiger partial charge in [-0.3, -0.25) is 0 Å². The molecule has 2 rings (SSSR count). The van der Waals surface area contributed by atoms with Crippen LogP contribution in [-0.2, 0) is 4.74 Å². The van der Waals surface area contributed by atoms with Crippen LogP contribution in [-0.4, -0.2) is 35.4 Å². The Morgan fingerprint density at radius 1 is 1.00 bits per heavy atom. The number of esters is 1. The lowest BCUT2D eigenvalue weighted by Crippen LogP contribution is -2.08. The summed E-state index contributed by atoms with van der Waals surface area (Å²) in [6, 6.07) is 9.58. The van der Waals surface area contributed by atoms with Gasteiger partial charge in [0, 0.05) is 0 Å². The van der Waals surface area contributed by atoms with E-state index in [2.05, 4.69) is 0 Å².